The van der Waals surface area contributed by atoms with Crippen molar-refractivity contribution < 1.29 is 10.0 Å². The second-order valence-corrected chi connectivity index (χ2v) is 6.75. The number of nitrogens with one attached hydrogen (secondary N) is 1. The van der Waals surface area contributed by atoms with Crippen molar-refractivity contribution in [1.29, 1.82) is 0 Å². The van der Waals surface area contributed by atoms with E-state index in [1.807, 2.05) is 13.8 Å². The topological polar surface area (TPSA) is 88.3 Å². The van der Waals surface area contributed by atoms with Gasteiger partial charge in [-0.2, -0.15) is 0 Å². The minimum atomic E-state index is -0.918. The van der Waals surface area contributed by atoms with Crippen LogP contribution in [0.5, 0.6) is 0 Å². The summed E-state index contributed by atoms with van der Waals surface area (Å²) in [5.41, 5.74) is 1.42. The molecule has 0 aliphatic rings. The van der Waals surface area contributed by atoms with Crippen LogP contribution in [0.15, 0.2) is 17.6 Å². The maximum absolute atomic E-state index is 11.3. The Morgan fingerprint density at radius 2 is 2.24 bits per heavy atom. The standard InChI is InChI=1S/C14H19N3O3S/c1-9(2)6-14(3,18)7-15-10-4-5-11-12(16-8-21-11)13(10)17(19)20/h4-5,8-9,15,18H,6-7H2,1-3H3. The number of benzene rings is 1. The number of nitro groups is 1. The number of nitro benzene ring substituents is 1. The Morgan fingerprint density at radius 1 is 1.52 bits per heavy atom. The third-order valence-corrected chi connectivity index (χ3v) is 3.96. The summed E-state index contributed by atoms with van der Waals surface area (Å²) in [4.78, 5) is 14.9. The molecule has 2 N–H and O–H groups in total. The van der Waals surface area contributed by atoms with E-state index in [1.54, 1.807) is 24.6 Å². The molecule has 2 rings (SSSR count). The predicted octanol–water partition coefficient (Wildman–Crippen LogP) is 3.41. The lowest BCUT2D eigenvalue weighted by molar-refractivity contribution is -0.382. The van der Waals surface area contributed by atoms with Gasteiger partial charge in [-0.05, 0) is 31.4 Å². The van der Waals surface area contributed by atoms with Gasteiger partial charge in [0, 0.05) is 6.54 Å². The van der Waals surface area contributed by atoms with Crippen LogP contribution in [0, 0.1) is 16.0 Å². The van der Waals surface area contributed by atoms with E-state index < -0.39 is 10.5 Å². The van der Waals surface area contributed by atoms with E-state index in [9.17, 15) is 15.2 Å². The predicted molar refractivity (Wildman–Crippen MR) is 84.8 cm³/mol. The molecule has 1 aromatic heterocycles. The van der Waals surface area contributed by atoms with E-state index in [-0.39, 0.29) is 12.2 Å². The lowest BCUT2D eigenvalue weighted by Crippen LogP contribution is -2.35. The Labute approximate surface area is 127 Å². The van der Waals surface area contributed by atoms with Crippen molar-refractivity contribution in [2.45, 2.75) is 32.8 Å². The van der Waals surface area contributed by atoms with Crippen molar-refractivity contribution in [2.75, 3.05) is 11.9 Å². The summed E-state index contributed by atoms with van der Waals surface area (Å²) in [5, 5.41) is 24.6. The van der Waals surface area contributed by atoms with Gasteiger partial charge in [-0.25, -0.2) is 4.98 Å². The van der Waals surface area contributed by atoms with Crippen LogP contribution in [0.25, 0.3) is 10.2 Å². The molecule has 114 valence electrons. The number of hydrogen-bond acceptors (Lipinski definition) is 6. The largest absolute Gasteiger partial charge is 0.388 e. The summed E-state index contributed by atoms with van der Waals surface area (Å²) in [5.74, 6) is 0.345. The van der Waals surface area contributed by atoms with Crippen LogP contribution in [0.4, 0.5) is 11.4 Å². The summed E-state index contributed by atoms with van der Waals surface area (Å²) in [6.45, 7) is 6.03. The maximum Gasteiger partial charge on any atom is 0.319 e. The lowest BCUT2D eigenvalue weighted by Gasteiger charge is -2.26. The number of rotatable bonds is 6. The van der Waals surface area contributed by atoms with Crippen LogP contribution in [-0.4, -0.2) is 27.2 Å². The van der Waals surface area contributed by atoms with Gasteiger partial charge < -0.3 is 10.4 Å². The fraction of sp³-hybridized carbons (Fsp3) is 0.500. The molecule has 1 atom stereocenters. The molecule has 21 heavy (non-hydrogen) atoms. The molecule has 0 fully saturated rings. The molecule has 1 unspecified atom stereocenters. The molecule has 0 bridgehead atoms. The zero-order valence-corrected chi connectivity index (χ0v) is 13.1. The highest BCUT2D eigenvalue weighted by Crippen LogP contribution is 2.34. The van der Waals surface area contributed by atoms with E-state index in [4.69, 9.17) is 0 Å². The number of nitrogens with zero attached hydrogens (tertiary/aromatic N) is 2. The van der Waals surface area contributed by atoms with Gasteiger partial charge in [-0.15, -0.1) is 11.3 Å². The van der Waals surface area contributed by atoms with Crippen LogP contribution in [-0.2, 0) is 0 Å². The Morgan fingerprint density at radius 3 is 2.86 bits per heavy atom. The van der Waals surface area contributed by atoms with Crippen LogP contribution in [0.2, 0.25) is 0 Å². The molecule has 0 radical (unpaired) electrons. The maximum atomic E-state index is 11.3. The third kappa shape index (κ3) is 3.68. The normalized spacial score (nSPS) is 14.3. The number of thiazole rings is 1. The van der Waals surface area contributed by atoms with E-state index in [2.05, 4.69) is 10.3 Å². The van der Waals surface area contributed by atoms with Gasteiger partial charge in [0.05, 0.1) is 20.7 Å². The number of aliphatic hydroxyl groups is 1. The smallest absolute Gasteiger partial charge is 0.319 e. The van der Waals surface area contributed by atoms with E-state index in [0.29, 0.717) is 23.5 Å². The van der Waals surface area contributed by atoms with E-state index in [0.717, 1.165) is 4.70 Å². The molecule has 0 spiro atoms. The van der Waals surface area contributed by atoms with E-state index >= 15 is 0 Å². The van der Waals surface area contributed by atoms with Gasteiger partial charge in [0.25, 0.3) is 0 Å². The number of aromatic nitrogens is 1. The molecular formula is C14H19N3O3S. The first-order valence-electron chi connectivity index (χ1n) is 6.77. The van der Waals surface area contributed by atoms with Crippen molar-refractivity contribution in [1.82, 2.24) is 4.98 Å². The molecule has 7 heteroatoms. The summed E-state index contributed by atoms with van der Waals surface area (Å²) in [7, 11) is 0. The van der Waals surface area contributed by atoms with Gasteiger partial charge in [0.15, 0.2) is 5.52 Å². The van der Waals surface area contributed by atoms with Gasteiger partial charge in [0.1, 0.15) is 5.69 Å². The van der Waals surface area contributed by atoms with Crippen LogP contribution >= 0.6 is 11.3 Å². The van der Waals surface area contributed by atoms with Crippen molar-refractivity contribution in [3.63, 3.8) is 0 Å². The van der Waals surface area contributed by atoms with Crippen LogP contribution < -0.4 is 5.32 Å². The number of hydrogen-bond donors (Lipinski definition) is 2. The average Bonchev–Trinajstić information content (AvgIpc) is 2.81. The first-order valence-corrected chi connectivity index (χ1v) is 7.65. The molecule has 1 heterocycles. The average molecular weight is 309 g/mol. The zero-order valence-electron chi connectivity index (χ0n) is 12.3. The van der Waals surface area contributed by atoms with Crippen LogP contribution in [0.3, 0.4) is 0 Å². The monoisotopic (exact) mass is 309 g/mol. The zero-order chi connectivity index (χ0) is 15.6. The fourth-order valence-corrected chi connectivity index (χ4v) is 3.16. The molecular weight excluding hydrogens is 290 g/mol. The Hall–Kier alpha value is -1.73. The van der Waals surface area contributed by atoms with Crippen molar-refractivity contribution in [2.24, 2.45) is 5.92 Å². The molecule has 1 aromatic carbocycles. The van der Waals surface area contributed by atoms with Gasteiger partial charge >= 0.3 is 5.69 Å². The minimum Gasteiger partial charge on any atom is -0.388 e. The third-order valence-electron chi connectivity index (χ3n) is 3.17. The highest BCUT2D eigenvalue weighted by molar-refractivity contribution is 7.16. The summed E-state index contributed by atoms with van der Waals surface area (Å²) in [6.07, 6.45) is 0.618. The quantitative estimate of drug-likeness (QED) is 0.630. The second kappa shape index (κ2) is 5.95. The highest BCUT2D eigenvalue weighted by Gasteiger charge is 2.25. The van der Waals surface area contributed by atoms with E-state index in [1.165, 1.54) is 11.3 Å². The number of fused-ring (bicyclic) bond motifs is 1. The Bertz CT molecular complexity index is 652. The van der Waals surface area contributed by atoms with Gasteiger partial charge in [-0.3, -0.25) is 10.1 Å². The SMILES string of the molecule is CC(C)CC(C)(O)CNc1ccc2scnc2c1[N+](=O)[O-]. The first kappa shape index (κ1) is 15.7. The minimum absolute atomic E-state index is 0.0332. The van der Waals surface area contributed by atoms with Crippen molar-refractivity contribution >= 4 is 32.9 Å². The van der Waals surface area contributed by atoms with Crippen LogP contribution in [0.1, 0.15) is 27.2 Å². The highest BCUT2D eigenvalue weighted by atomic mass is 32.1. The molecule has 0 saturated heterocycles. The van der Waals surface area contributed by atoms with Crippen molar-refractivity contribution in [3.8, 4) is 0 Å². The summed E-state index contributed by atoms with van der Waals surface area (Å²) in [6, 6.07) is 3.48. The Kier molecular flexibility index (Phi) is 4.43. The molecule has 0 amide bonds. The van der Waals surface area contributed by atoms with Crippen molar-refractivity contribution in [3.05, 3.63) is 27.8 Å². The molecule has 0 aliphatic carbocycles. The lowest BCUT2D eigenvalue weighted by atomic mass is 9.94. The Balaban J connectivity index is 2.26. The molecule has 6 nitrogen and oxygen atoms in total. The number of anilines is 1. The van der Waals surface area contributed by atoms with Gasteiger partial charge in [0.2, 0.25) is 0 Å². The molecule has 0 saturated carbocycles. The summed E-state index contributed by atoms with van der Waals surface area (Å²) < 4.78 is 0.779. The van der Waals surface area contributed by atoms with Gasteiger partial charge in [-0.1, -0.05) is 13.8 Å². The fourth-order valence-electron chi connectivity index (χ4n) is 2.48. The summed E-state index contributed by atoms with van der Waals surface area (Å²) >= 11 is 1.37. The molecule has 2 aromatic rings. The first-order chi connectivity index (χ1) is 9.80. The molecule has 0 aliphatic heterocycles. The second-order valence-electron chi connectivity index (χ2n) is 5.87.